The minimum absolute atomic E-state index is 0.0262. The van der Waals surface area contributed by atoms with Crippen LogP contribution in [-0.2, 0) is 11.3 Å². The molecule has 0 unspecified atom stereocenters. The predicted molar refractivity (Wildman–Crippen MR) is 89.4 cm³/mol. The summed E-state index contributed by atoms with van der Waals surface area (Å²) in [6.07, 6.45) is 2.87. The summed E-state index contributed by atoms with van der Waals surface area (Å²) in [6, 6.07) is 14.6. The third-order valence-electron chi connectivity index (χ3n) is 3.08. The van der Waals surface area contributed by atoms with Gasteiger partial charge in [-0.25, -0.2) is 4.79 Å². The second-order valence-electron chi connectivity index (χ2n) is 4.76. The fraction of sp³-hybridized carbons (Fsp3) is 0.167. The summed E-state index contributed by atoms with van der Waals surface area (Å²) < 4.78 is 10.2. The number of nitrogens with one attached hydrogen (secondary N) is 1. The number of carbonyl (C=O) groups excluding carboxylic acids is 1. The smallest absolute Gasteiger partial charge is 0.411 e. The maximum absolute atomic E-state index is 11.8. The highest BCUT2D eigenvalue weighted by Crippen LogP contribution is 2.14. The third kappa shape index (κ3) is 5.48. The average molecular weight is 313 g/mol. The highest BCUT2D eigenvalue weighted by molar-refractivity contribution is 5.85. The molecule has 0 aliphatic carbocycles. The van der Waals surface area contributed by atoms with Crippen LogP contribution >= 0.6 is 0 Å². The van der Waals surface area contributed by atoms with E-state index in [0.717, 1.165) is 16.9 Å². The molecule has 0 radical (unpaired) electrons. The van der Waals surface area contributed by atoms with Crippen molar-refractivity contribution in [1.82, 2.24) is 0 Å². The van der Waals surface area contributed by atoms with Gasteiger partial charge in [0.05, 0.1) is 13.7 Å². The fourth-order valence-electron chi connectivity index (χ4n) is 1.93. The van der Waals surface area contributed by atoms with E-state index in [2.05, 4.69) is 5.32 Å². The predicted octanol–water partition coefficient (Wildman–Crippen LogP) is 3.45. The zero-order valence-electron chi connectivity index (χ0n) is 12.9. The van der Waals surface area contributed by atoms with Gasteiger partial charge in [0.15, 0.2) is 0 Å². The van der Waals surface area contributed by atoms with Crippen LogP contribution in [0, 0.1) is 0 Å². The van der Waals surface area contributed by atoms with Crippen molar-refractivity contribution in [3.05, 3.63) is 65.7 Å². The Kier molecular flexibility index (Phi) is 6.20. The van der Waals surface area contributed by atoms with Crippen LogP contribution in [0.2, 0.25) is 0 Å². The molecule has 120 valence electrons. The Labute approximate surface area is 135 Å². The van der Waals surface area contributed by atoms with Crippen molar-refractivity contribution in [1.29, 1.82) is 0 Å². The molecule has 0 bridgehead atoms. The van der Waals surface area contributed by atoms with Gasteiger partial charge in [-0.2, -0.15) is 0 Å². The zero-order valence-corrected chi connectivity index (χ0v) is 12.9. The molecule has 0 aliphatic heterocycles. The molecule has 1 amide bonds. The molecule has 2 aromatic carbocycles. The van der Waals surface area contributed by atoms with Crippen molar-refractivity contribution in [2.75, 3.05) is 19.0 Å². The molecule has 2 rings (SSSR count). The lowest BCUT2D eigenvalue weighted by atomic mass is 10.2. The van der Waals surface area contributed by atoms with Gasteiger partial charge in [0, 0.05) is 5.69 Å². The van der Waals surface area contributed by atoms with E-state index >= 15 is 0 Å². The van der Waals surface area contributed by atoms with Gasteiger partial charge in [-0.15, -0.1) is 0 Å². The first-order valence-corrected chi connectivity index (χ1v) is 7.15. The number of benzene rings is 2. The Morgan fingerprint density at radius 2 is 2.00 bits per heavy atom. The van der Waals surface area contributed by atoms with Crippen LogP contribution in [0.4, 0.5) is 10.5 Å². The highest BCUT2D eigenvalue weighted by atomic mass is 16.5. The van der Waals surface area contributed by atoms with Gasteiger partial charge in [0.25, 0.3) is 0 Å². The number of methoxy groups -OCH3 is 1. The Morgan fingerprint density at radius 3 is 2.70 bits per heavy atom. The molecule has 0 saturated heterocycles. The Morgan fingerprint density at radius 1 is 1.22 bits per heavy atom. The zero-order chi connectivity index (χ0) is 16.5. The number of carbonyl (C=O) groups is 1. The molecule has 0 heterocycles. The monoisotopic (exact) mass is 313 g/mol. The Hall–Kier alpha value is -2.79. The van der Waals surface area contributed by atoms with Gasteiger partial charge in [-0.3, -0.25) is 5.32 Å². The molecule has 0 fully saturated rings. The van der Waals surface area contributed by atoms with E-state index < -0.39 is 6.09 Å². The molecule has 0 saturated carbocycles. The van der Waals surface area contributed by atoms with Crippen LogP contribution in [0.15, 0.2) is 54.6 Å². The number of aliphatic hydroxyl groups excluding tert-OH is 1. The average Bonchev–Trinajstić information content (AvgIpc) is 2.59. The molecule has 5 nitrogen and oxygen atoms in total. The van der Waals surface area contributed by atoms with Crippen molar-refractivity contribution >= 4 is 17.9 Å². The van der Waals surface area contributed by atoms with E-state index in [1.54, 1.807) is 31.4 Å². The maximum Gasteiger partial charge on any atom is 0.411 e. The first-order valence-electron chi connectivity index (χ1n) is 7.15. The minimum Gasteiger partial charge on any atom is -0.497 e. The van der Waals surface area contributed by atoms with Gasteiger partial charge in [-0.05, 0) is 35.4 Å². The van der Waals surface area contributed by atoms with Crippen molar-refractivity contribution in [3.63, 3.8) is 0 Å². The van der Waals surface area contributed by atoms with Crippen LogP contribution in [-0.4, -0.2) is 24.9 Å². The van der Waals surface area contributed by atoms with E-state index in [1.165, 1.54) is 0 Å². The van der Waals surface area contributed by atoms with Gasteiger partial charge in [0.1, 0.15) is 12.4 Å². The van der Waals surface area contributed by atoms with Crippen molar-refractivity contribution in [2.45, 2.75) is 6.61 Å². The lowest BCUT2D eigenvalue weighted by Crippen LogP contribution is -2.13. The van der Waals surface area contributed by atoms with Gasteiger partial charge in [-0.1, -0.05) is 36.4 Å². The van der Waals surface area contributed by atoms with Gasteiger partial charge < -0.3 is 14.6 Å². The number of amides is 1. The van der Waals surface area contributed by atoms with Gasteiger partial charge >= 0.3 is 6.09 Å². The fourth-order valence-corrected chi connectivity index (χ4v) is 1.93. The molecule has 0 atom stereocenters. The second kappa shape index (κ2) is 8.60. The summed E-state index contributed by atoms with van der Waals surface area (Å²) in [7, 11) is 1.60. The second-order valence-corrected chi connectivity index (χ2v) is 4.76. The standard InChI is InChI=1S/C18H19NO4/c1-22-17-9-7-15(8-10-17)13-23-18(21)19-16-6-2-4-14(12-16)5-3-11-20/h2-10,12,20H,11,13H2,1H3,(H,19,21)/b5-3+. The number of rotatable bonds is 6. The first kappa shape index (κ1) is 16.6. The third-order valence-corrected chi connectivity index (χ3v) is 3.08. The number of anilines is 1. The topological polar surface area (TPSA) is 67.8 Å². The molecule has 0 aliphatic rings. The molecular weight excluding hydrogens is 294 g/mol. The molecule has 2 N–H and O–H groups in total. The lowest BCUT2D eigenvalue weighted by Gasteiger charge is -2.08. The molecule has 2 aromatic rings. The number of ether oxygens (including phenoxy) is 2. The van der Waals surface area contributed by atoms with Gasteiger partial charge in [0.2, 0.25) is 0 Å². The number of hydrogen-bond acceptors (Lipinski definition) is 4. The van der Waals surface area contributed by atoms with Crippen molar-refractivity contribution in [2.24, 2.45) is 0 Å². The van der Waals surface area contributed by atoms with E-state index in [4.69, 9.17) is 14.6 Å². The van der Waals surface area contributed by atoms with Crippen LogP contribution < -0.4 is 10.1 Å². The molecule has 5 heteroatoms. The summed E-state index contributed by atoms with van der Waals surface area (Å²) in [6.45, 7) is 0.154. The molecule has 0 spiro atoms. The Bertz CT molecular complexity index is 665. The molecular formula is C18H19NO4. The summed E-state index contributed by atoms with van der Waals surface area (Å²) in [5, 5.41) is 11.4. The van der Waals surface area contributed by atoms with Crippen LogP contribution in [0.5, 0.6) is 5.75 Å². The first-order chi connectivity index (χ1) is 11.2. The quantitative estimate of drug-likeness (QED) is 0.857. The normalized spacial score (nSPS) is 10.5. The highest BCUT2D eigenvalue weighted by Gasteiger charge is 2.04. The van der Waals surface area contributed by atoms with Crippen LogP contribution in [0.25, 0.3) is 6.08 Å². The molecule has 0 aromatic heterocycles. The minimum atomic E-state index is -0.524. The Balaban J connectivity index is 1.87. The summed E-state index contributed by atoms with van der Waals surface area (Å²) >= 11 is 0. The summed E-state index contributed by atoms with van der Waals surface area (Å²) in [4.78, 5) is 11.8. The maximum atomic E-state index is 11.8. The van der Waals surface area contributed by atoms with Crippen molar-refractivity contribution in [3.8, 4) is 5.75 Å². The summed E-state index contributed by atoms with van der Waals surface area (Å²) in [5.74, 6) is 0.756. The van der Waals surface area contributed by atoms with Crippen molar-refractivity contribution < 1.29 is 19.4 Å². The van der Waals surface area contributed by atoms with E-state index in [9.17, 15) is 4.79 Å². The number of hydrogen-bond donors (Lipinski definition) is 2. The lowest BCUT2D eigenvalue weighted by molar-refractivity contribution is 0.155. The largest absolute Gasteiger partial charge is 0.497 e. The van der Waals surface area contributed by atoms with Crippen LogP contribution in [0.1, 0.15) is 11.1 Å². The van der Waals surface area contributed by atoms with E-state index in [-0.39, 0.29) is 13.2 Å². The SMILES string of the molecule is COc1ccc(COC(=O)Nc2cccc(/C=C/CO)c2)cc1. The molecule has 23 heavy (non-hydrogen) atoms. The van der Waals surface area contributed by atoms with E-state index in [0.29, 0.717) is 5.69 Å². The van der Waals surface area contributed by atoms with E-state index in [1.807, 2.05) is 36.4 Å². The van der Waals surface area contributed by atoms with Crippen LogP contribution in [0.3, 0.4) is 0 Å². The summed E-state index contributed by atoms with van der Waals surface area (Å²) in [5.41, 5.74) is 2.39. The number of aliphatic hydroxyl groups is 1.